The van der Waals surface area contributed by atoms with Crippen molar-refractivity contribution in [3.63, 3.8) is 0 Å². The number of nitrogens with one attached hydrogen (secondary N) is 1. The van der Waals surface area contributed by atoms with Crippen LogP contribution in [0.25, 0.3) is 0 Å². The molecule has 1 aromatic rings. The highest BCUT2D eigenvalue weighted by molar-refractivity contribution is 7.89. The standard InChI is InChI=1S/C11H18N2O4S/c1-16-9-3-2-8(6-9)13-18(14,15)11-5-4-10(7-12)17-11/h4-5,8-9,13H,2-3,6-7,12H2,1H3. The SMILES string of the molecule is COC1CCC(NS(=O)(=O)c2ccc(CN)o2)C1. The maximum atomic E-state index is 12.0. The van der Waals surface area contributed by atoms with Crippen molar-refractivity contribution in [2.45, 2.75) is 43.0 Å². The number of sulfonamides is 1. The second-order valence-electron chi connectivity index (χ2n) is 4.41. The Morgan fingerprint density at radius 3 is 2.83 bits per heavy atom. The van der Waals surface area contributed by atoms with Gasteiger partial charge in [0.1, 0.15) is 5.76 Å². The van der Waals surface area contributed by atoms with Crippen molar-refractivity contribution in [3.8, 4) is 0 Å². The van der Waals surface area contributed by atoms with E-state index in [0.717, 1.165) is 12.8 Å². The molecule has 0 amide bonds. The fraction of sp³-hybridized carbons (Fsp3) is 0.636. The molecule has 3 N–H and O–H groups in total. The predicted octanol–water partition coefficient (Wildman–Crippen LogP) is 0.584. The number of rotatable bonds is 5. The number of hydrogen-bond donors (Lipinski definition) is 2. The lowest BCUT2D eigenvalue weighted by Crippen LogP contribution is -2.33. The number of nitrogens with two attached hydrogens (primary N) is 1. The van der Waals surface area contributed by atoms with E-state index < -0.39 is 10.0 Å². The molecular weight excluding hydrogens is 256 g/mol. The van der Waals surface area contributed by atoms with E-state index >= 15 is 0 Å². The van der Waals surface area contributed by atoms with E-state index in [1.807, 2.05) is 0 Å². The van der Waals surface area contributed by atoms with Gasteiger partial charge in [-0.15, -0.1) is 0 Å². The normalized spacial score (nSPS) is 24.6. The minimum absolute atomic E-state index is 0.0798. The molecule has 1 saturated carbocycles. The van der Waals surface area contributed by atoms with Crippen LogP contribution in [-0.2, 0) is 21.3 Å². The highest BCUT2D eigenvalue weighted by Gasteiger charge is 2.29. The van der Waals surface area contributed by atoms with Gasteiger partial charge in [0.05, 0.1) is 12.6 Å². The first kappa shape index (κ1) is 13.5. The summed E-state index contributed by atoms with van der Waals surface area (Å²) < 4.78 is 37.0. The topological polar surface area (TPSA) is 94.6 Å². The number of ether oxygens (including phenoxy) is 1. The van der Waals surface area contributed by atoms with Crippen LogP contribution in [0, 0.1) is 0 Å². The second kappa shape index (κ2) is 5.40. The molecule has 18 heavy (non-hydrogen) atoms. The number of hydrogen-bond acceptors (Lipinski definition) is 5. The molecule has 0 aliphatic heterocycles. The Balaban J connectivity index is 2.03. The largest absolute Gasteiger partial charge is 0.447 e. The highest BCUT2D eigenvalue weighted by atomic mass is 32.2. The molecule has 1 aromatic heterocycles. The van der Waals surface area contributed by atoms with Crippen LogP contribution in [0.1, 0.15) is 25.0 Å². The molecule has 2 rings (SSSR count). The summed E-state index contributed by atoms with van der Waals surface area (Å²) in [5.74, 6) is 0.455. The Hall–Kier alpha value is -0.890. The van der Waals surface area contributed by atoms with E-state index in [0.29, 0.717) is 12.2 Å². The Kier molecular flexibility index (Phi) is 4.06. The summed E-state index contributed by atoms with van der Waals surface area (Å²) in [5, 5.41) is -0.0798. The van der Waals surface area contributed by atoms with Gasteiger partial charge in [-0.3, -0.25) is 0 Å². The van der Waals surface area contributed by atoms with E-state index in [1.54, 1.807) is 13.2 Å². The van der Waals surface area contributed by atoms with Crippen LogP contribution in [0.3, 0.4) is 0 Å². The molecule has 0 spiro atoms. The first-order valence-electron chi connectivity index (χ1n) is 5.89. The number of methoxy groups -OCH3 is 1. The van der Waals surface area contributed by atoms with E-state index in [9.17, 15) is 8.42 Å². The lowest BCUT2D eigenvalue weighted by atomic mass is 10.3. The molecule has 7 heteroatoms. The van der Waals surface area contributed by atoms with Crippen LogP contribution < -0.4 is 10.5 Å². The fourth-order valence-corrected chi connectivity index (χ4v) is 3.38. The zero-order valence-electron chi connectivity index (χ0n) is 10.3. The third-order valence-corrected chi connectivity index (χ3v) is 4.54. The molecule has 0 aromatic carbocycles. The molecule has 0 saturated heterocycles. The second-order valence-corrected chi connectivity index (χ2v) is 6.06. The first-order valence-corrected chi connectivity index (χ1v) is 7.37. The van der Waals surface area contributed by atoms with Gasteiger partial charge in [0, 0.05) is 13.2 Å². The summed E-state index contributed by atoms with van der Waals surface area (Å²) in [5.41, 5.74) is 5.38. The highest BCUT2D eigenvalue weighted by Crippen LogP contribution is 2.23. The van der Waals surface area contributed by atoms with Crippen molar-refractivity contribution in [2.75, 3.05) is 7.11 Å². The summed E-state index contributed by atoms with van der Waals surface area (Å²) >= 11 is 0. The van der Waals surface area contributed by atoms with Crippen LogP contribution in [0.2, 0.25) is 0 Å². The van der Waals surface area contributed by atoms with Crippen molar-refractivity contribution in [3.05, 3.63) is 17.9 Å². The van der Waals surface area contributed by atoms with Crippen LogP contribution in [0.4, 0.5) is 0 Å². The summed E-state index contributed by atoms with van der Waals surface area (Å²) in [4.78, 5) is 0. The van der Waals surface area contributed by atoms with Crippen LogP contribution in [-0.4, -0.2) is 27.7 Å². The predicted molar refractivity (Wildman–Crippen MR) is 65.4 cm³/mol. The molecule has 0 radical (unpaired) electrons. The van der Waals surface area contributed by atoms with Crippen molar-refractivity contribution < 1.29 is 17.6 Å². The average molecular weight is 274 g/mol. The van der Waals surface area contributed by atoms with E-state index in [2.05, 4.69) is 4.72 Å². The van der Waals surface area contributed by atoms with Crippen molar-refractivity contribution in [1.29, 1.82) is 0 Å². The zero-order valence-corrected chi connectivity index (χ0v) is 11.1. The monoisotopic (exact) mass is 274 g/mol. The molecule has 1 aliphatic rings. The van der Waals surface area contributed by atoms with Gasteiger partial charge in [0.2, 0.25) is 5.09 Å². The lowest BCUT2D eigenvalue weighted by molar-refractivity contribution is 0.107. The Morgan fingerprint density at radius 2 is 2.28 bits per heavy atom. The quantitative estimate of drug-likeness (QED) is 0.819. The number of furan rings is 1. The molecule has 1 fully saturated rings. The van der Waals surface area contributed by atoms with Gasteiger partial charge in [0.15, 0.2) is 0 Å². The van der Waals surface area contributed by atoms with Gasteiger partial charge < -0.3 is 14.9 Å². The van der Waals surface area contributed by atoms with E-state index in [4.69, 9.17) is 14.9 Å². The van der Waals surface area contributed by atoms with Gasteiger partial charge in [-0.05, 0) is 31.4 Å². The molecule has 0 bridgehead atoms. The van der Waals surface area contributed by atoms with E-state index in [-0.39, 0.29) is 23.8 Å². The Morgan fingerprint density at radius 1 is 1.50 bits per heavy atom. The van der Waals surface area contributed by atoms with Gasteiger partial charge in [-0.25, -0.2) is 13.1 Å². The fourth-order valence-electron chi connectivity index (χ4n) is 2.15. The smallest absolute Gasteiger partial charge is 0.274 e. The molecule has 6 nitrogen and oxygen atoms in total. The summed E-state index contributed by atoms with van der Waals surface area (Å²) in [6.45, 7) is 0.185. The minimum atomic E-state index is -3.59. The Labute approximate surface area is 107 Å². The molecule has 2 unspecified atom stereocenters. The van der Waals surface area contributed by atoms with Crippen LogP contribution in [0.5, 0.6) is 0 Å². The Bertz CT molecular complexity index is 497. The molecule has 1 aliphatic carbocycles. The molecule has 102 valence electrons. The third kappa shape index (κ3) is 2.92. The van der Waals surface area contributed by atoms with Crippen LogP contribution in [0.15, 0.2) is 21.6 Å². The summed E-state index contributed by atoms with van der Waals surface area (Å²) in [6, 6.07) is 2.90. The molecule has 1 heterocycles. The van der Waals surface area contributed by atoms with Crippen LogP contribution >= 0.6 is 0 Å². The lowest BCUT2D eigenvalue weighted by Gasteiger charge is -2.11. The summed E-state index contributed by atoms with van der Waals surface area (Å²) in [7, 11) is -1.95. The van der Waals surface area contributed by atoms with Gasteiger partial charge in [-0.1, -0.05) is 0 Å². The van der Waals surface area contributed by atoms with Crippen molar-refractivity contribution >= 4 is 10.0 Å². The zero-order chi connectivity index (χ0) is 13.2. The molecule has 2 atom stereocenters. The minimum Gasteiger partial charge on any atom is -0.447 e. The average Bonchev–Trinajstić information content (AvgIpc) is 2.96. The van der Waals surface area contributed by atoms with Crippen molar-refractivity contribution in [2.24, 2.45) is 5.73 Å². The van der Waals surface area contributed by atoms with Gasteiger partial charge in [-0.2, -0.15) is 0 Å². The van der Waals surface area contributed by atoms with Gasteiger partial charge in [0.25, 0.3) is 10.0 Å². The third-order valence-electron chi connectivity index (χ3n) is 3.14. The summed E-state index contributed by atoms with van der Waals surface area (Å²) in [6.07, 6.45) is 2.48. The van der Waals surface area contributed by atoms with Gasteiger partial charge >= 0.3 is 0 Å². The maximum absolute atomic E-state index is 12.0. The van der Waals surface area contributed by atoms with E-state index in [1.165, 1.54) is 6.07 Å². The first-order chi connectivity index (χ1) is 8.55. The van der Waals surface area contributed by atoms with Crippen molar-refractivity contribution in [1.82, 2.24) is 4.72 Å². The molecular formula is C11H18N2O4S. The maximum Gasteiger partial charge on any atom is 0.274 e.